The predicted octanol–water partition coefficient (Wildman–Crippen LogP) is 4.51. The highest BCUT2D eigenvalue weighted by molar-refractivity contribution is 7.99. The van der Waals surface area contributed by atoms with Gasteiger partial charge in [-0.3, -0.25) is 4.79 Å². The zero-order valence-electron chi connectivity index (χ0n) is 17.0. The largest absolute Gasteiger partial charge is 0.411 e. The lowest BCUT2D eigenvalue weighted by atomic mass is 10.2. The smallest absolute Gasteiger partial charge is 0.277 e. The van der Waals surface area contributed by atoms with Crippen LogP contribution in [-0.4, -0.2) is 39.4 Å². The first-order valence-electron chi connectivity index (χ1n) is 9.42. The maximum atomic E-state index is 12.5. The highest BCUT2D eigenvalue weighted by Gasteiger charge is 2.16. The fourth-order valence-corrected chi connectivity index (χ4v) is 3.78. The van der Waals surface area contributed by atoms with Gasteiger partial charge in [-0.15, -0.1) is 10.2 Å². The highest BCUT2D eigenvalue weighted by atomic mass is 32.2. The van der Waals surface area contributed by atoms with Crippen LogP contribution >= 0.6 is 11.8 Å². The van der Waals surface area contributed by atoms with E-state index in [-0.39, 0.29) is 11.5 Å². The summed E-state index contributed by atoms with van der Waals surface area (Å²) in [6, 6.07) is 10.0. The van der Waals surface area contributed by atoms with E-state index >= 15 is 0 Å². The number of rotatable bonds is 8. The maximum absolute atomic E-state index is 12.5. The zero-order valence-corrected chi connectivity index (χ0v) is 17.8. The molecule has 0 unspecified atom stereocenters. The Morgan fingerprint density at radius 1 is 1.14 bits per heavy atom. The minimum Gasteiger partial charge on any atom is -0.411 e. The van der Waals surface area contributed by atoms with Crippen LogP contribution in [0.1, 0.15) is 35.6 Å². The van der Waals surface area contributed by atoms with Gasteiger partial charge in [0, 0.05) is 48.3 Å². The summed E-state index contributed by atoms with van der Waals surface area (Å²) in [6.45, 7) is 10.2. The molecule has 0 atom stereocenters. The molecule has 0 saturated carbocycles. The van der Waals surface area contributed by atoms with E-state index < -0.39 is 0 Å². The van der Waals surface area contributed by atoms with Gasteiger partial charge in [-0.05, 0) is 58.0 Å². The Bertz CT molecular complexity index is 955. The van der Waals surface area contributed by atoms with Gasteiger partial charge in [0.05, 0.1) is 5.75 Å². The lowest BCUT2D eigenvalue weighted by molar-refractivity contribution is 0.102. The van der Waals surface area contributed by atoms with Crippen LogP contribution in [0.15, 0.2) is 40.0 Å². The zero-order chi connectivity index (χ0) is 20.3. The van der Waals surface area contributed by atoms with Crippen molar-refractivity contribution < 1.29 is 9.21 Å². The van der Waals surface area contributed by atoms with Crippen LogP contribution in [0.3, 0.4) is 0 Å². The summed E-state index contributed by atoms with van der Waals surface area (Å²) in [5.74, 6) is 0.801. The van der Waals surface area contributed by atoms with Gasteiger partial charge in [-0.25, -0.2) is 0 Å². The van der Waals surface area contributed by atoms with Crippen molar-refractivity contribution in [3.63, 3.8) is 0 Å². The molecule has 6 nitrogen and oxygen atoms in total. The van der Waals surface area contributed by atoms with Crippen LogP contribution in [0.4, 0.5) is 5.69 Å². The molecule has 0 aliphatic heterocycles. The number of aromatic nitrogens is 3. The molecule has 0 aliphatic carbocycles. The van der Waals surface area contributed by atoms with Gasteiger partial charge in [0.2, 0.25) is 5.89 Å². The number of Topliss-reactive ketones (excluding diaryl/α,β-unsaturated/α-hetero) is 1. The Balaban J connectivity index is 1.65. The van der Waals surface area contributed by atoms with Crippen molar-refractivity contribution in [1.29, 1.82) is 0 Å². The lowest BCUT2D eigenvalue weighted by Crippen LogP contribution is -2.21. The summed E-state index contributed by atoms with van der Waals surface area (Å²) in [4.78, 5) is 14.8. The first-order valence-corrected chi connectivity index (χ1v) is 10.4. The predicted molar refractivity (Wildman–Crippen MR) is 113 cm³/mol. The van der Waals surface area contributed by atoms with Gasteiger partial charge in [-0.2, -0.15) is 0 Å². The lowest BCUT2D eigenvalue weighted by Gasteiger charge is -2.20. The molecule has 0 amide bonds. The molecule has 0 radical (unpaired) electrons. The normalized spacial score (nSPS) is 11.0. The van der Waals surface area contributed by atoms with Crippen molar-refractivity contribution >= 4 is 23.2 Å². The monoisotopic (exact) mass is 398 g/mol. The second-order valence-electron chi connectivity index (χ2n) is 6.65. The first kappa shape index (κ1) is 20.2. The Labute approximate surface area is 169 Å². The van der Waals surface area contributed by atoms with Gasteiger partial charge >= 0.3 is 0 Å². The number of hydrogen-bond donors (Lipinski definition) is 0. The van der Waals surface area contributed by atoms with E-state index in [0.29, 0.717) is 11.1 Å². The number of benzene rings is 1. The SMILES string of the molecule is CCN(CC)c1ccc(-c2nnc(SCC(=O)c3cc(C)n(C)c3C)o2)cc1. The summed E-state index contributed by atoms with van der Waals surface area (Å²) in [5.41, 5.74) is 4.83. The van der Waals surface area contributed by atoms with E-state index in [1.807, 2.05) is 43.7 Å². The molecule has 0 saturated heterocycles. The van der Waals surface area contributed by atoms with Crippen LogP contribution in [-0.2, 0) is 7.05 Å². The summed E-state index contributed by atoms with van der Waals surface area (Å²) >= 11 is 1.27. The van der Waals surface area contributed by atoms with E-state index in [0.717, 1.165) is 35.6 Å². The molecule has 0 aliphatic rings. The summed E-state index contributed by atoms with van der Waals surface area (Å²) in [5, 5.41) is 8.60. The molecule has 28 heavy (non-hydrogen) atoms. The molecule has 0 N–H and O–H groups in total. The van der Waals surface area contributed by atoms with Crippen LogP contribution in [0.2, 0.25) is 0 Å². The number of nitrogens with zero attached hydrogens (tertiary/aromatic N) is 4. The number of carbonyl (C=O) groups is 1. The molecule has 3 rings (SSSR count). The van der Waals surface area contributed by atoms with Crippen molar-refractivity contribution in [3.8, 4) is 11.5 Å². The van der Waals surface area contributed by atoms with Gasteiger partial charge in [-0.1, -0.05) is 11.8 Å². The summed E-state index contributed by atoms with van der Waals surface area (Å²) in [7, 11) is 1.96. The van der Waals surface area contributed by atoms with Crippen LogP contribution < -0.4 is 4.90 Å². The first-order chi connectivity index (χ1) is 13.4. The van der Waals surface area contributed by atoms with Gasteiger partial charge in [0.25, 0.3) is 5.22 Å². The molecule has 0 spiro atoms. The third-order valence-corrected chi connectivity index (χ3v) is 5.87. The van der Waals surface area contributed by atoms with Crippen molar-refractivity contribution in [2.45, 2.75) is 32.9 Å². The molecule has 3 aromatic rings. The average Bonchev–Trinajstić information content (AvgIpc) is 3.28. The number of ketones is 1. The van der Waals surface area contributed by atoms with Crippen molar-refractivity contribution in [3.05, 3.63) is 47.3 Å². The molecule has 0 fully saturated rings. The highest BCUT2D eigenvalue weighted by Crippen LogP contribution is 2.26. The minimum atomic E-state index is 0.0644. The van der Waals surface area contributed by atoms with Crippen LogP contribution in [0.25, 0.3) is 11.5 Å². The van der Waals surface area contributed by atoms with Crippen molar-refractivity contribution in [2.24, 2.45) is 7.05 Å². The van der Waals surface area contributed by atoms with E-state index in [2.05, 4.69) is 41.1 Å². The van der Waals surface area contributed by atoms with Gasteiger partial charge in [0.1, 0.15) is 0 Å². The van der Waals surface area contributed by atoms with E-state index in [9.17, 15) is 4.79 Å². The molecular weight excluding hydrogens is 372 g/mol. The molecule has 2 heterocycles. The van der Waals surface area contributed by atoms with Gasteiger partial charge in [0.15, 0.2) is 5.78 Å². The molecular formula is C21H26N4O2S. The van der Waals surface area contributed by atoms with Crippen molar-refractivity contribution in [1.82, 2.24) is 14.8 Å². The van der Waals surface area contributed by atoms with E-state index in [4.69, 9.17) is 4.42 Å². The van der Waals surface area contributed by atoms with E-state index in [1.165, 1.54) is 17.4 Å². The molecule has 2 aromatic heterocycles. The summed E-state index contributed by atoms with van der Waals surface area (Å²) < 4.78 is 7.76. The standard InChI is InChI=1S/C21H26N4O2S/c1-6-25(7-2)17-10-8-16(9-11-17)20-22-23-21(27-20)28-13-19(26)18-12-14(3)24(5)15(18)4/h8-12H,6-7,13H2,1-5H3. The molecule has 7 heteroatoms. The van der Waals surface area contributed by atoms with Crippen LogP contribution in [0, 0.1) is 13.8 Å². The minimum absolute atomic E-state index is 0.0644. The quantitative estimate of drug-likeness (QED) is 0.411. The van der Waals surface area contributed by atoms with Crippen molar-refractivity contribution in [2.75, 3.05) is 23.7 Å². The Morgan fingerprint density at radius 2 is 1.82 bits per heavy atom. The molecule has 0 bridgehead atoms. The molecule has 1 aromatic carbocycles. The average molecular weight is 399 g/mol. The van der Waals surface area contributed by atoms with Gasteiger partial charge < -0.3 is 13.9 Å². The fourth-order valence-electron chi connectivity index (χ4n) is 3.13. The fraction of sp³-hybridized carbons (Fsp3) is 0.381. The number of carbonyl (C=O) groups excluding carboxylic acids is 1. The Morgan fingerprint density at radius 3 is 2.39 bits per heavy atom. The number of aryl methyl sites for hydroxylation is 1. The number of thioether (sulfide) groups is 1. The van der Waals surface area contributed by atoms with Crippen LogP contribution in [0.5, 0.6) is 0 Å². The Hall–Kier alpha value is -2.54. The molecule has 148 valence electrons. The second kappa shape index (κ2) is 8.65. The van der Waals surface area contributed by atoms with E-state index in [1.54, 1.807) is 0 Å². The maximum Gasteiger partial charge on any atom is 0.277 e. The third-order valence-electron chi connectivity index (χ3n) is 5.05. The summed E-state index contributed by atoms with van der Waals surface area (Å²) in [6.07, 6.45) is 0. The second-order valence-corrected chi connectivity index (χ2v) is 7.57. The topological polar surface area (TPSA) is 64.2 Å². The Kier molecular flexibility index (Phi) is 6.24. The number of anilines is 1. The number of hydrogen-bond acceptors (Lipinski definition) is 6. The third kappa shape index (κ3) is 4.14.